The summed E-state index contributed by atoms with van der Waals surface area (Å²) < 4.78 is 38.1. The highest BCUT2D eigenvalue weighted by Gasteiger charge is 2.42. The van der Waals surface area contributed by atoms with E-state index in [1.807, 2.05) is 18.2 Å². The average Bonchev–Trinajstić information content (AvgIpc) is 3.28. The maximum atomic E-state index is 13.2. The molecule has 0 bridgehead atoms. The molecule has 0 spiro atoms. The Labute approximate surface area is 177 Å². The zero-order valence-corrected chi connectivity index (χ0v) is 19.1. The highest BCUT2D eigenvalue weighted by molar-refractivity contribution is 7.89. The number of nitrogens with one attached hydrogen (secondary N) is 1. The Bertz CT molecular complexity index is 1030. The summed E-state index contributed by atoms with van der Waals surface area (Å²) in [6.45, 7) is 9.64. The minimum atomic E-state index is -3.91. The van der Waals surface area contributed by atoms with Crippen LogP contribution in [0.1, 0.15) is 50.6 Å². The van der Waals surface area contributed by atoms with Crippen LogP contribution in [0, 0.1) is 13.8 Å². The van der Waals surface area contributed by atoms with Crippen LogP contribution >= 0.6 is 0 Å². The van der Waals surface area contributed by atoms with Crippen LogP contribution in [-0.4, -0.2) is 43.5 Å². The highest BCUT2D eigenvalue weighted by atomic mass is 32.2. The molecule has 1 N–H and O–H groups in total. The molecule has 0 saturated carbocycles. The molecule has 3 rings (SSSR count). The molecule has 1 atom stereocenters. The van der Waals surface area contributed by atoms with Crippen molar-refractivity contribution < 1.29 is 22.5 Å². The van der Waals surface area contributed by atoms with Crippen molar-refractivity contribution in [3.8, 4) is 5.75 Å². The molecule has 30 heavy (non-hydrogen) atoms. The van der Waals surface area contributed by atoms with Crippen LogP contribution in [0.2, 0.25) is 0 Å². The van der Waals surface area contributed by atoms with Crippen molar-refractivity contribution in [2.24, 2.45) is 0 Å². The average molecular weight is 436 g/mol. The Hall–Kier alpha value is -2.39. The molecule has 2 aromatic rings. The lowest BCUT2D eigenvalue weighted by atomic mass is 9.87. The first-order valence-electron chi connectivity index (χ1n) is 9.91. The van der Waals surface area contributed by atoms with Crippen molar-refractivity contribution in [1.82, 2.24) is 9.46 Å². The summed E-state index contributed by atoms with van der Waals surface area (Å²) in [6, 6.07) is 4.83. The van der Waals surface area contributed by atoms with E-state index in [4.69, 9.17) is 9.26 Å². The number of hydrogen-bond acceptors (Lipinski definition) is 6. The van der Waals surface area contributed by atoms with Crippen molar-refractivity contribution in [2.45, 2.75) is 63.8 Å². The second-order valence-corrected chi connectivity index (χ2v) is 10.4. The van der Waals surface area contributed by atoms with Crippen molar-refractivity contribution in [3.05, 3.63) is 35.2 Å². The van der Waals surface area contributed by atoms with Crippen LogP contribution in [0.3, 0.4) is 0 Å². The monoisotopic (exact) mass is 435 g/mol. The van der Waals surface area contributed by atoms with Crippen LogP contribution in [0.4, 0.5) is 5.69 Å². The summed E-state index contributed by atoms with van der Waals surface area (Å²) >= 11 is 0. The van der Waals surface area contributed by atoms with Crippen LogP contribution in [0.25, 0.3) is 0 Å². The van der Waals surface area contributed by atoms with Crippen molar-refractivity contribution in [2.75, 3.05) is 19.0 Å². The third-order valence-electron chi connectivity index (χ3n) is 5.36. The van der Waals surface area contributed by atoms with E-state index in [0.717, 1.165) is 5.56 Å². The van der Waals surface area contributed by atoms with Crippen molar-refractivity contribution >= 4 is 21.6 Å². The normalized spacial score (nSPS) is 17.9. The van der Waals surface area contributed by atoms with E-state index >= 15 is 0 Å². The lowest BCUT2D eigenvalue weighted by Crippen LogP contribution is -2.43. The van der Waals surface area contributed by atoms with Crippen LogP contribution in [-0.2, 0) is 20.2 Å². The third kappa shape index (κ3) is 4.09. The molecule has 1 saturated heterocycles. The quantitative estimate of drug-likeness (QED) is 0.772. The van der Waals surface area contributed by atoms with Crippen molar-refractivity contribution in [1.29, 1.82) is 0 Å². The van der Waals surface area contributed by atoms with Gasteiger partial charge in [-0.25, -0.2) is 8.42 Å². The number of aromatic nitrogens is 1. The molecule has 1 fully saturated rings. The van der Waals surface area contributed by atoms with E-state index < -0.39 is 16.1 Å². The number of nitrogens with zero attached hydrogens (tertiary/aromatic N) is 2. The summed E-state index contributed by atoms with van der Waals surface area (Å²) in [7, 11) is -2.37. The zero-order valence-electron chi connectivity index (χ0n) is 18.3. The lowest BCUT2D eigenvalue weighted by Gasteiger charge is -2.25. The van der Waals surface area contributed by atoms with Gasteiger partial charge in [-0.3, -0.25) is 4.79 Å². The number of benzene rings is 1. The topological polar surface area (TPSA) is 102 Å². The van der Waals surface area contributed by atoms with E-state index in [0.29, 0.717) is 24.3 Å². The molecule has 8 nitrogen and oxygen atoms in total. The van der Waals surface area contributed by atoms with Crippen LogP contribution < -0.4 is 10.1 Å². The Balaban J connectivity index is 1.90. The van der Waals surface area contributed by atoms with Crippen LogP contribution in [0.15, 0.2) is 27.6 Å². The van der Waals surface area contributed by atoms with E-state index in [-0.39, 0.29) is 34.2 Å². The Morgan fingerprint density at radius 3 is 2.57 bits per heavy atom. The van der Waals surface area contributed by atoms with Gasteiger partial charge in [-0.05, 0) is 49.8 Å². The smallest absolute Gasteiger partial charge is 0.249 e. The standard InChI is InChI=1S/C21H29N3O5S/c1-13-19(14(2)29-23-13)30(26,27)24-11-7-8-17(24)20(25)22-16-12-15(21(3,4)5)9-10-18(16)28-6/h9-10,12,17H,7-8,11H2,1-6H3,(H,22,25)/t17-/m0/s1. The third-order valence-corrected chi connectivity index (χ3v) is 7.52. The van der Waals surface area contributed by atoms with Gasteiger partial charge in [0.05, 0.1) is 12.8 Å². The molecular formula is C21H29N3O5S. The van der Waals surface area contributed by atoms with Crippen LogP contribution in [0.5, 0.6) is 5.75 Å². The Kier molecular flexibility index (Phi) is 5.97. The summed E-state index contributed by atoms with van der Waals surface area (Å²) in [5.74, 6) is 0.361. The Morgan fingerprint density at radius 2 is 2.00 bits per heavy atom. The predicted octanol–water partition coefficient (Wildman–Crippen LogP) is 3.39. The van der Waals surface area contributed by atoms with E-state index in [2.05, 4.69) is 31.2 Å². The number of amides is 1. The first-order valence-corrected chi connectivity index (χ1v) is 11.3. The molecule has 164 valence electrons. The van der Waals surface area contributed by atoms with Gasteiger partial charge in [0, 0.05) is 6.54 Å². The van der Waals surface area contributed by atoms with Crippen molar-refractivity contribution in [3.63, 3.8) is 0 Å². The fraction of sp³-hybridized carbons (Fsp3) is 0.524. The number of carbonyl (C=O) groups excluding carboxylic acids is 1. The van der Waals surface area contributed by atoms with Gasteiger partial charge in [0.2, 0.25) is 15.9 Å². The second kappa shape index (κ2) is 8.03. The fourth-order valence-corrected chi connectivity index (χ4v) is 5.69. The predicted molar refractivity (Wildman–Crippen MR) is 113 cm³/mol. The molecule has 1 amide bonds. The van der Waals surface area contributed by atoms with Gasteiger partial charge >= 0.3 is 0 Å². The SMILES string of the molecule is COc1ccc(C(C)(C)C)cc1NC(=O)[C@@H]1CCCN1S(=O)(=O)c1c(C)noc1C. The van der Waals surface area contributed by atoms with Gasteiger partial charge in [0.15, 0.2) is 5.76 Å². The number of rotatable bonds is 5. The maximum absolute atomic E-state index is 13.2. The van der Waals surface area contributed by atoms with Gasteiger partial charge in [-0.15, -0.1) is 0 Å². The molecule has 1 aromatic carbocycles. The largest absolute Gasteiger partial charge is 0.495 e. The molecule has 0 unspecified atom stereocenters. The molecule has 1 aliphatic heterocycles. The van der Waals surface area contributed by atoms with Gasteiger partial charge in [-0.1, -0.05) is 32.0 Å². The summed E-state index contributed by atoms with van der Waals surface area (Å²) in [5, 5.41) is 6.63. The molecule has 0 radical (unpaired) electrons. The Morgan fingerprint density at radius 1 is 1.30 bits per heavy atom. The van der Waals surface area contributed by atoms with E-state index in [1.165, 1.54) is 11.4 Å². The molecule has 9 heteroatoms. The zero-order chi connectivity index (χ0) is 22.3. The minimum absolute atomic E-state index is 0.0366. The number of carbonyl (C=O) groups is 1. The maximum Gasteiger partial charge on any atom is 0.249 e. The molecular weight excluding hydrogens is 406 g/mol. The first-order chi connectivity index (χ1) is 14.0. The molecule has 1 aliphatic rings. The highest BCUT2D eigenvalue weighted by Crippen LogP contribution is 2.34. The van der Waals surface area contributed by atoms with E-state index in [1.54, 1.807) is 13.8 Å². The lowest BCUT2D eigenvalue weighted by molar-refractivity contribution is -0.119. The fourth-order valence-electron chi connectivity index (χ4n) is 3.74. The van der Waals surface area contributed by atoms with Gasteiger partial charge in [0.1, 0.15) is 22.4 Å². The first kappa shape index (κ1) is 22.3. The summed E-state index contributed by atoms with van der Waals surface area (Å²) in [6.07, 6.45) is 1.04. The number of anilines is 1. The summed E-state index contributed by atoms with van der Waals surface area (Å²) in [5.41, 5.74) is 1.73. The number of methoxy groups -OCH3 is 1. The number of hydrogen-bond donors (Lipinski definition) is 1. The number of ether oxygens (including phenoxy) is 1. The van der Waals surface area contributed by atoms with Gasteiger partial charge in [0.25, 0.3) is 0 Å². The second-order valence-electron chi connectivity index (χ2n) is 8.58. The molecule has 0 aliphatic carbocycles. The summed E-state index contributed by atoms with van der Waals surface area (Å²) in [4.78, 5) is 13.2. The van der Waals surface area contributed by atoms with Gasteiger partial charge < -0.3 is 14.6 Å². The van der Waals surface area contributed by atoms with Gasteiger partial charge in [-0.2, -0.15) is 4.31 Å². The number of aryl methyl sites for hydroxylation is 2. The van der Waals surface area contributed by atoms with E-state index in [9.17, 15) is 13.2 Å². The molecule has 1 aromatic heterocycles. The number of sulfonamides is 1. The molecule has 2 heterocycles. The minimum Gasteiger partial charge on any atom is -0.495 e.